The van der Waals surface area contributed by atoms with Crippen LogP contribution < -0.4 is 10.6 Å². The Bertz CT molecular complexity index is 1050. The second-order valence-electron chi connectivity index (χ2n) is 9.14. The molecule has 0 unspecified atom stereocenters. The number of aromatic nitrogens is 2. The van der Waals surface area contributed by atoms with Gasteiger partial charge in [0.15, 0.2) is 5.96 Å². The maximum absolute atomic E-state index is 5.50. The molecule has 3 aromatic rings. The van der Waals surface area contributed by atoms with Crippen LogP contribution in [0, 0.1) is 0 Å². The lowest BCUT2D eigenvalue weighted by molar-refractivity contribution is -0.00834. The molecule has 4 rings (SSSR count). The molecule has 7 nitrogen and oxygen atoms in total. The van der Waals surface area contributed by atoms with Gasteiger partial charge in [-0.05, 0) is 44.0 Å². The molecule has 0 radical (unpaired) electrons. The van der Waals surface area contributed by atoms with Gasteiger partial charge in [-0.2, -0.15) is 0 Å². The number of nitrogens with zero attached hydrogens (tertiary/aromatic N) is 4. The van der Waals surface area contributed by atoms with Crippen LogP contribution in [0.2, 0.25) is 0 Å². The van der Waals surface area contributed by atoms with Crippen molar-refractivity contribution in [1.29, 1.82) is 0 Å². The Morgan fingerprint density at radius 1 is 1.03 bits per heavy atom. The molecule has 2 aromatic carbocycles. The highest BCUT2D eigenvalue weighted by Crippen LogP contribution is 2.16. The Hall–Kier alpha value is -2.90. The van der Waals surface area contributed by atoms with Gasteiger partial charge in [0.05, 0.1) is 37.1 Å². The number of nitrogens with one attached hydrogen (secondary N) is 2. The van der Waals surface area contributed by atoms with E-state index < -0.39 is 0 Å². The summed E-state index contributed by atoms with van der Waals surface area (Å²) in [6, 6.07) is 16.9. The summed E-state index contributed by atoms with van der Waals surface area (Å²) in [5.41, 5.74) is 4.68. The molecule has 33 heavy (non-hydrogen) atoms. The first-order chi connectivity index (χ1) is 16.0. The lowest BCUT2D eigenvalue weighted by Gasteiger charge is -2.41. The molecule has 0 spiro atoms. The van der Waals surface area contributed by atoms with Gasteiger partial charge in [0.2, 0.25) is 0 Å². The van der Waals surface area contributed by atoms with Gasteiger partial charge in [-0.3, -0.25) is 4.90 Å². The number of hydrogen-bond donors (Lipinski definition) is 2. The van der Waals surface area contributed by atoms with E-state index in [0.717, 1.165) is 62.9 Å². The number of rotatable bonds is 8. The topological polar surface area (TPSA) is 66.7 Å². The molecular weight excluding hydrogens is 412 g/mol. The van der Waals surface area contributed by atoms with Crippen LogP contribution in [0.5, 0.6) is 0 Å². The zero-order chi connectivity index (χ0) is 23.1. The largest absolute Gasteiger partial charge is 0.379 e. The summed E-state index contributed by atoms with van der Waals surface area (Å²) in [4.78, 5) is 11.8. The van der Waals surface area contributed by atoms with Gasteiger partial charge in [0, 0.05) is 38.3 Å². The lowest BCUT2D eigenvalue weighted by atomic mass is 10.0. The number of aliphatic imine (C=N–C) groups is 1. The number of guanidine groups is 1. The van der Waals surface area contributed by atoms with E-state index in [-0.39, 0.29) is 5.54 Å². The van der Waals surface area contributed by atoms with Crippen LogP contribution in [0.25, 0.3) is 11.0 Å². The fourth-order valence-electron chi connectivity index (χ4n) is 4.18. The summed E-state index contributed by atoms with van der Waals surface area (Å²) in [5.74, 6) is 0.854. The Morgan fingerprint density at radius 2 is 1.76 bits per heavy atom. The summed E-state index contributed by atoms with van der Waals surface area (Å²) in [6.07, 6.45) is 1.91. The molecule has 1 fully saturated rings. The smallest absolute Gasteiger partial charge is 0.191 e. The molecule has 176 valence electrons. The van der Waals surface area contributed by atoms with Crippen molar-refractivity contribution < 1.29 is 4.74 Å². The monoisotopic (exact) mass is 448 g/mol. The molecule has 0 bridgehead atoms. The molecule has 0 saturated carbocycles. The fraction of sp³-hybridized carbons (Fsp3) is 0.462. The first-order valence-corrected chi connectivity index (χ1v) is 11.9. The molecule has 7 heteroatoms. The van der Waals surface area contributed by atoms with Gasteiger partial charge in [0.1, 0.15) is 0 Å². The van der Waals surface area contributed by atoms with Gasteiger partial charge < -0.3 is 19.9 Å². The minimum Gasteiger partial charge on any atom is -0.379 e. The number of para-hydroxylation sites is 2. The second-order valence-corrected chi connectivity index (χ2v) is 9.14. The average Bonchev–Trinajstić information content (AvgIpc) is 3.25. The third kappa shape index (κ3) is 6.12. The number of hydrogen-bond acceptors (Lipinski definition) is 4. The van der Waals surface area contributed by atoms with E-state index in [4.69, 9.17) is 9.73 Å². The van der Waals surface area contributed by atoms with Crippen LogP contribution in [-0.2, 0) is 17.8 Å². The van der Waals surface area contributed by atoms with E-state index in [0.29, 0.717) is 6.54 Å². The Morgan fingerprint density at radius 3 is 2.52 bits per heavy atom. The molecule has 2 N–H and O–H groups in total. The van der Waals surface area contributed by atoms with E-state index >= 15 is 0 Å². The van der Waals surface area contributed by atoms with Gasteiger partial charge in [0.25, 0.3) is 0 Å². The molecule has 1 aliphatic heterocycles. The Labute approximate surface area is 196 Å². The average molecular weight is 449 g/mol. The van der Waals surface area contributed by atoms with Crippen LogP contribution in [0.3, 0.4) is 0 Å². The van der Waals surface area contributed by atoms with Crippen molar-refractivity contribution in [3.05, 3.63) is 66.0 Å². The molecule has 1 aromatic heterocycles. The zero-order valence-corrected chi connectivity index (χ0v) is 20.1. The highest BCUT2D eigenvalue weighted by atomic mass is 16.5. The minimum absolute atomic E-state index is 0.0408. The third-order valence-electron chi connectivity index (χ3n) is 6.22. The normalized spacial score (nSPS) is 15.7. The van der Waals surface area contributed by atoms with Crippen LogP contribution in [0.1, 0.15) is 31.9 Å². The van der Waals surface area contributed by atoms with Crippen molar-refractivity contribution in [3.8, 4) is 0 Å². The maximum atomic E-state index is 5.50. The molecule has 0 atom stereocenters. The quantitative estimate of drug-likeness (QED) is 0.409. The van der Waals surface area contributed by atoms with Gasteiger partial charge in [-0.25, -0.2) is 9.98 Å². The molecule has 2 heterocycles. The van der Waals surface area contributed by atoms with Gasteiger partial charge >= 0.3 is 0 Å². The number of morpholine rings is 1. The molecular formula is C26H36N6O. The van der Waals surface area contributed by atoms with E-state index in [2.05, 4.69) is 82.3 Å². The van der Waals surface area contributed by atoms with Crippen molar-refractivity contribution in [1.82, 2.24) is 25.1 Å². The lowest BCUT2D eigenvalue weighted by Crippen LogP contribution is -2.56. The summed E-state index contributed by atoms with van der Waals surface area (Å²) < 4.78 is 7.69. The van der Waals surface area contributed by atoms with Crippen molar-refractivity contribution in [2.75, 3.05) is 39.4 Å². The van der Waals surface area contributed by atoms with Crippen molar-refractivity contribution in [2.45, 2.75) is 39.4 Å². The predicted molar refractivity (Wildman–Crippen MR) is 135 cm³/mol. The highest BCUT2D eigenvalue weighted by Gasteiger charge is 2.28. The molecule has 0 aliphatic carbocycles. The highest BCUT2D eigenvalue weighted by molar-refractivity contribution is 5.79. The predicted octanol–water partition coefficient (Wildman–Crippen LogP) is 3.25. The van der Waals surface area contributed by atoms with Crippen molar-refractivity contribution in [3.63, 3.8) is 0 Å². The van der Waals surface area contributed by atoms with Crippen LogP contribution >= 0.6 is 0 Å². The van der Waals surface area contributed by atoms with Crippen molar-refractivity contribution >= 4 is 17.0 Å². The number of imidazole rings is 1. The second kappa shape index (κ2) is 10.8. The van der Waals surface area contributed by atoms with E-state index in [1.807, 2.05) is 18.5 Å². The van der Waals surface area contributed by atoms with Gasteiger partial charge in [-0.1, -0.05) is 36.4 Å². The fourth-order valence-corrected chi connectivity index (χ4v) is 4.18. The van der Waals surface area contributed by atoms with Crippen LogP contribution in [-0.4, -0.2) is 65.3 Å². The summed E-state index contributed by atoms with van der Waals surface area (Å²) in [5, 5.41) is 6.90. The summed E-state index contributed by atoms with van der Waals surface area (Å²) in [6.45, 7) is 13.3. The SMILES string of the molecule is CCNC(=NCc1ccc(Cn2cnc3ccccc32)cc1)NCC(C)(C)N1CCOCC1. The third-order valence-corrected chi connectivity index (χ3v) is 6.22. The van der Waals surface area contributed by atoms with E-state index in [1.165, 1.54) is 11.1 Å². The van der Waals surface area contributed by atoms with Gasteiger partial charge in [-0.15, -0.1) is 0 Å². The first-order valence-electron chi connectivity index (χ1n) is 11.9. The van der Waals surface area contributed by atoms with Crippen LogP contribution in [0.4, 0.5) is 0 Å². The minimum atomic E-state index is 0.0408. The Balaban J connectivity index is 1.34. The molecule has 0 amide bonds. The van der Waals surface area contributed by atoms with Crippen LogP contribution in [0.15, 0.2) is 59.9 Å². The summed E-state index contributed by atoms with van der Waals surface area (Å²) in [7, 11) is 0. The number of ether oxygens (including phenoxy) is 1. The van der Waals surface area contributed by atoms with E-state index in [1.54, 1.807) is 0 Å². The standard InChI is InChI=1S/C26H36N6O/c1-4-27-25(29-19-26(2,3)32-13-15-33-16-14-32)28-17-21-9-11-22(12-10-21)18-31-20-30-23-7-5-6-8-24(23)31/h5-12,20H,4,13-19H2,1-3H3,(H2,27,28,29). The maximum Gasteiger partial charge on any atom is 0.191 e. The summed E-state index contributed by atoms with van der Waals surface area (Å²) >= 11 is 0. The first kappa shape index (κ1) is 23.3. The number of benzene rings is 2. The number of fused-ring (bicyclic) bond motifs is 1. The van der Waals surface area contributed by atoms with E-state index in [9.17, 15) is 0 Å². The zero-order valence-electron chi connectivity index (χ0n) is 20.1. The van der Waals surface area contributed by atoms with Crippen molar-refractivity contribution in [2.24, 2.45) is 4.99 Å². The molecule has 1 saturated heterocycles. The molecule has 1 aliphatic rings. The Kier molecular flexibility index (Phi) is 7.62.